The molecule has 44 heavy (non-hydrogen) atoms. The average molecular weight is 665 g/mol. The summed E-state index contributed by atoms with van der Waals surface area (Å²) in [7, 11) is -0.721. The number of hydrogen-bond donors (Lipinski definition) is 0. The largest absolute Gasteiger partial charge is 0.0921 e. The van der Waals surface area contributed by atoms with Gasteiger partial charge < -0.3 is 0 Å². The Morgan fingerprint density at radius 3 is 1.45 bits per heavy atom. The van der Waals surface area contributed by atoms with Crippen LogP contribution in [0.2, 0.25) is 0 Å². The van der Waals surface area contributed by atoms with Crippen LogP contribution in [0.3, 0.4) is 0 Å². The van der Waals surface area contributed by atoms with Gasteiger partial charge in [-0.3, -0.25) is 0 Å². The van der Waals surface area contributed by atoms with Crippen molar-refractivity contribution in [3.05, 3.63) is 96.8 Å². The molecule has 4 aromatic carbocycles. The summed E-state index contributed by atoms with van der Waals surface area (Å²) < 4.78 is 0. The van der Waals surface area contributed by atoms with Crippen molar-refractivity contribution in [1.29, 1.82) is 0 Å². The Hall–Kier alpha value is -1.22. The molecule has 0 unspecified atom stereocenters. The van der Waals surface area contributed by atoms with Gasteiger partial charge in [0.25, 0.3) is 0 Å². The Bertz CT molecular complexity index is 1360. The molecule has 3 heteroatoms. The molecule has 1 atom stereocenters. The topological polar surface area (TPSA) is 0 Å². The summed E-state index contributed by atoms with van der Waals surface area (Å²) in [6, 6.07) is 32.0. The van der Waals surface area contributed by atoms with Gasteiger partial charge in [-0.25, -0.2) is 0 Å². The summed E-state index contributed by atoms with van der Waals surface area (Å²) in [5.41, 5.74) is 0.666. The third-order valence-corrected chi connectivity index (χ3v) is 16.0. The average Bonchev–Trinajstić information content (AvgIpc) is 3.70. The minimum atomic E-state index is -0.539. The van der Waals surface area contributed by atoms with Crippen LogP contribution in [0.25, 0.3) is 21.5 Å². The van der Waals surface area contributed by atoms with Crippen LogP contribution in [0.4, 0.5) is 0 Å². The van der Waals surface area contributed by atoms with Crippen LogP contribution in [0.1, 0.15) is 99.8 Å². The quantitative estimate of drug-likeness (QED) is 0.142. The van der Waals surface area contributed by atoms with E-state index in [-0.39, 0.29) is 25.0 Å². The van der Waals surface area contributed by atoms with E-state index in [0.717, 1.165) is 0 Å². The summed E-state index contributed by atoms with van der Waals surface area (Å²) in [4.78, 5) is 0. The molecule has 0 amide bonds. The molecule has 2 fully saturated rings. The maximum atomic E-state index is 2.57. The van der Waals surface area contributed by atoms with Crippen molar-refractivity contribution in [3.8, 4) is 0 Å². The van der Waals surface area contributed by atoms with Gasteiger partial charge in [0.2, 0.25) is 0 Å². The molecule has 2 aliphatic rings. The second kappa shape index (κ2) is 15.6. The van der Waals surface area contributed by atoms with E-state index in [9.17, 15) is 0 Å². The summed E-state index contributed by atoms with van der Waals surface area (Å²) >= 11 is 0. The standard InChI is InChI=1S/C36H44P2.C5H10.Fe/c1-26(38(35(2,3)4)36(5,6)7)30-22-12-19-29(30)25-37(33-23-13-17-27-15-8-10-20-31(27)33)34-24-14-18-28-16-9-11-21-32(28)34;1-2-4-5-3-1;/h8-11,13-18,20-21,23-24,26H,12,19,22,25H2,1-7H3;1-5H2;/t26-;;/m0../s1. The predicted molar refractivity (Wildman–Crippen MR) is 198 cm³/mol. The number of rotatable bonds is 6. The van der Waals surface area contributed by atoms with Gasteiger partial charge in [-0.1, -0.05) is 180 Å². The van der Waals surface area contributed by atoms with E-state index in [1.807, 2.05) is 0 Å². The zero-order valence-electron chi connectivity index (χ0n) is 28.3. The molecule has 0 aromatic heterocycles. The van der Waals surface area contributed by atoms with E-state index < -0.39 is 7.92 Å². The van der Waals surface area contributed by atoms with Crippen LogP contribution in [0.15, 0.2) is 84.9 Å². The SMILES string of the molecule is C1CCCC1.C[C@@H]([C]1CCC[C]1CP(c1cccc2ccccc12)c1cccc2ccccc12)P(C(C)(C)C)C(C)(C)C.[Fe]. The van der Waals surface area contributed by atoms with Crippen molar-refractivity contribution < 1.29 is 17.1 Å². The van der Waals surface area contributed by atoms with Crippen molar-refractivity contribution in [2.45, 2.75) is 116 Å². The molecule has 0 aliphatic heterocycles. The molecule has 0 spiro atoms. The number of benzene rings is 4. The van der Waals surface area contributed by atoms with Gasteiger partial charge in [0.15, 0.2) is 0 Å². The van der Waals surface area contributed by atoms with Gasteiger partial charge in [0, 0.05) is 17.1 Å². The Labute approximate surface area is 282 Å². The first-order chi connectivity index (χ1) is 20.6. The van der Waals surface area contributed by atoms with Crippen molar-refractivity contribution in [3.63, 3.8) is 0 Å². The zero-order chi connectivity index (χ0) is 30.6. The molecule has 0 heterocycles. The van der Waals surface area contributed by atoms with E-state index in [0.29, 0.717) is 16.0 Å². The van der Waals surface area contributed by atoms with Crippen LogP contribution in [0.5, 0.6) is 0 Å². The fourth-order valence-corrected chi connectivity index (χ4v) is 15.9. The van der Waals surface area contributed by atoms with E-state index in [4.69, 9.17) is 0 Å². The van der Waals surface area contributed by atoms with E-state index in [1.165, 1.54) is 89.7 Å². The Balaban J connectivity index is 0.000000670. The second-order valence-electron chi connectivity index (χ2n) is 14.7. The fraction of sp³-hybridized carbons (Fsp3) is 0.463. The molecule has 2 saturated carbocycles. The minimum Gasteiger partial charge on any atom is -0.0921 e. The monoisotopic (exact) mass is 664 g/mol. The summed E-state index contributed by atoms with van der Waals surface area (Å²) in [5, 5.41) is 9.31. The van der Waals surface area contributed by atoms with Gasteiger partial charge in [0.1, 0.15) is 0 Å². The van der Waals surface area contributed by atoms with Gasteiger partial charge >= 0.3 is 0 Å². The van der Waals surface area contributed by atoms with E-state index in [1.54, 1.807) is 11.8 Å². The van der Waals surface area contributed by atoms with Gasteiger partial charge in [0.05, 0.1) is 0 Å². The van der Waals surface area contributed by atoms with Crippen LogP contribution >= 0.6 is 15.8 Å². The van der Waals surface area contributed by atoms with Crippen molar-refractivity contribution in [2.75, 3.05) is 6.16 Å². The normalized spacial score (nSPS) is 17.2. The smallest absolute Gasteiger partial charge is 0 e. The number of hydrogen-bond acceptors (Lipinski definition) is 0. The third-order valence-electron chi connectivity index (χ3n) is 9.43. The first-order valence-electron chi connectivity index (χ1n) is 16.8. The molecule has 0 nitrogen and oxygen atoms in total. The van der Waals surface area contributed by atoms with E-state index >= 15 is 0 Å². The Morgan fingerprint density at radius 2 is 1.00 bits per heavy atom. The van der Waals surface area contributed by atoms with E-state index in [2.05, 4.69) is 133 Å². The molecule has 0 N–H and O–H groups in total. The summed E-state index contributed by atoms with van der Waals surface area (Å²) in [6.07, 6.45) is 12.6. The van der Waals surface area contributed by atoms with Gasteiger partial charge in [-0.2, -0.15) is 0 Å². The van der Waals surface area contributed by atoms with Crippen molar-refractivity contribution >= 4 is 48.0 Å². The van der Waals surface area contributed by atoms with Gasteiger partial charge in [-0.05, 0) is 86.9 Å². The van der Waals surface area contributed by atoms with Crippen molar-refractivity contribution in [1.82, 2.24) is 0 Å². The molecule has 2 aliphatic carbocycles. The van der Waals surface area contributed by atoms with Crippen molar-refractivity contribution in [2.24, 2.45) is 0 Å². The molecule has 6 rings (SSSR count). The zero-order valence-corrected chi connectivity index (χ0v) is 31.2. The van der Waals surface area contributed by atoms with Crippen LogP contribution in [-0.4, -0.2) is 22.1 Å². The fourth-order valence-electron chi connectivity index (χ4n) is 8.10. The summed E-state index contributed by atoms with van der Waals surface area (Å²) in [6.45, 7) is 17.5. The summed E-state index contributed by atoms with van der Waals surface area (Å²) in [5.74, 6) is 3.57. The molecular weight excluding hydrogens is 610 g/mol. The second-order valence-corrected chi connectivity index (χ2v) is 21.1. The van der Waals surface area contributed by atoms with Gasteiger partial charge in [-0.15, -0.1) is 0 Å². The molecule has 2 radical (unpaired) electrons. The Morgan fingerprint density at radius 1 is 0.568 bits per heavy atom. The minimum absolute atomic E-state index is 0. The molecular formula is C41H54FeP2. The van der Waals surface area contributed by atoms with Crippen LogP contribution in [-0.2, 0) is 17.1 Å². The Kier molecular flexibility index (Phi) is 12.6. The van der Waals surface area contributed by atoms with Crippen LogP contribution in [0, 0.1) is 11.8 Å². The van der Waals surface area contributed by atoms with Crippen LogP contribution < -0.4 is 10.6 Å². The molecule has 0 saturated heterocycles. The first-order valence-corrected chi connectivity index (χ1v) is 19.7. The molecule has 0 bridgehead atoms. The first kappa shape index (κ1) is 35.6. The molecule has 4 aromatic rings. The third kappa shape index (κ3) is 8.37. The number of fused-ring (bicyclic) bond motifs is 2. The maximum absolute atomic E-state index is 2.57. The maximum Gasteiger partial charge on any atom is 0 e. The predicted octanol–water partition coefficient (Wildman–Crippen LogP) is 12.2. The molecule has 236 valence electrons.